The van der Waals surface area contributed by atoms with Crippen molar-refractivity contribution < 1.29 is 0 Å². The van der Waals surface area contributed by atoms with E-state index in [1.165, 1.54) is 51.6 Å². The molecular weight excluding hydrogens is 124 g/mol. The van der Waals surface area contributed by atoms with Gasteiger partial charge < -0.3 is 11.5 Å². The van der Waals surface area contributed by atoms with Crippen LogP contribution in [0, 0.1) is 0 Å². The predicted octanol–water partition coefficient (Wildman–Crippen LogP) is 2.09. The van der Waals surface area contributed by atoms with Crippen LogP contribution in [0.3, 0.4) is 0 Å². The van der Waals surface area contributed by atoms with Crippen molar-refractivity contribution in [3.05, 3.63) is 0 Å². The third-order valence-corrected chi connectivity index (χ3v) is 1.56. The number of rotatable bonds is 0. The number of hydrogen-bond donors (Lipinski definition) is 2. The lowest BCUT2D eigenvalue weighted by Crippen LogP contribution is -2.21. The summed E-state index contributed by atoms with van der Waals surface area (Å²) in [5.41, 5.74) is 0. The van der Waals surface area contributed by atoms with Crippen LogP contribution in [0.5, 0.6) is 0 Å². The Morgan fingerprint density at radius 2 is 1.00 bits per heavy atom. The molecule has 4 N–H and O–H groups in total. The van der Waals surface area contributed by atoms with E-state index in [0.717, 1.165) is 0 Å². The van der Waals surface area contributed by atoms with Crippen LogP contribution in [0.2, 0.25) is 0 Å². The summed E-state index contributed by atoms with van der Waals surface area (Å²) in [6.45, 7) is 2.50. The Balaban J connectivity index is 0.000000174. The molecule has 62 valence electrons. The summed E-state index contributed by atoms with van der Waals surface area (Å²) in [4.78, 5) is 0. The van der Waals surface area contributed by atoms with Gasteiger partial charge in [-0.05, 0) is 25.9 Å². The van der Waals surface area contributed by atoms with E-state index in [9.17, 15) is 0 Å². The summed E-state index contributed by atoms with van der Waals surface area (Å²) in [5, 5.41) is 3.28. The van der Waals surface area contributed by atoms with Gasteiger partial charge in [0.1, 0.15) is 0 Å². The first-order chi connectivity index (χ1) is 4.50. The standard InChI is InChI=1S/C5H11N.C3H6.H3N/c1-2-4-6-5-3-1;1-2-3-1;/h6H,1-5H2;1-3H2;1H3. The second-order valence-corrected chi connectivity index (χ2v) is 2.87. The molecule has 1 heterocycles. The molecule has 0 bridgehead atoms. The zero-order valence-corrected chi connectivity index (χ0v) is 6.86. The van der Waals surface area contributed by atoms with Crippen molar-refractivity contribution in [3.63, 3.8) is 0 Å². The molecule has 1 aliphatic heterocycles. The molecule has 0 amide bonds. The van der Waals surface area contributed by atoms with Gasteiger partial charge in [-0.3, -0.25) is 0 Å². The van der Waals surface area contributed by atoms with E-state index in [0.29, 0.717) is 0 Å². The fourth-order valence-corrected chi connectivity index (χ4v) is 0.802. The fraction of sp³-hybridized carbons (Fsp3) is 1.00. The first kappa shape index (κ1) is 9.92. The van der Waals surface area contributed by atoms with Gasteiger partial charge >= 0.3 is 0 Å². The summed E-state index contributed by atoms with van der Waals surface area (Å²) in [6.07, 6.45) is 8.72. The van der Waals surface area contributed by atoms with Crippen LogP contribution < -0.4 is 11.5 Å². The molecule has 0 unspecified atom stereocenters. The molecule has 2 aliphatic rings. The van der Waals surface area contributed by atoms with Gasteiger partial charge in [-0.25, -0.2) is 0 Å². The van der Waals surface area contributed by atoms with E-state index in [1.807, 2.05) is 0 Å². The zero-order chi connectivity index (χ0) is 6.36. The maximum absolute atomic E-state index is 3.28. The number of hydrogen-bond acceptors (Lipinski definition) is 2. The van der Waals surface area contributed by atoms with Crippen LogP contribution in [0.1, 0.15) is 38.5 Å². The normalized spacial score (nSPS) is 21.6. The highest BCUT2D eigenvalue weighted by molar-refractivity contribution is 4.55. The minimum atomic E-state index is 0. The molecule has 1 saturated heterocycles. The van der Waals surface area contributed by atoms with E-state index in [1.54, 1.807) is 0 Å². The van der Waals surface area contributed by atoms with E-state index in [-0.39, 0.29) is 6.15 Å². The Morgan fingerprint density at radius 1 is 0.600 bits per heavy atom. The lowest BCUT2D eigenvalue weighted by Gasteiger charge is -2.08. The maximum atomic E-state index is 3.28. The highest BCUT2D eigenvalue weighted by atomic mass is 14.9. The molecule has 0 spiro atoms. The average molecular weight is 144 g/mol. The topological polar surface area (TPSA) is 47.0 Å². The van der Waals surface area contributed by atoms with Crippen LogP contribution in [0.4, 0.5) is 0 Å². The second-order valence-electron chi connectivity index (χ2n) is 2.87. The molecule has 0 atom stereocenters. The number of piperidine rings is 1. The molecular formula is C8H20N2. The molecule has 2 fully saturated rings. The molecule has 2 heteroatoms. The molecule has 2 rings (SSSR count). The van der Waals surface area contributed by atoms with Gasteiger partial charge in [-0.2, -0.15) is 0 Å². The minimum Gasteiger partial charge on any atom is -0.344 e. The van der Waals surface area contributed by atoms with Crippen molar-refractivity contribution in [2.45, 2.75) is 38.5 Å². The Labute approximate surface area is 64.0 Å². The first-order valence-electron chi connectivity index (χ1n) is 4.21. The molecule has 0 aromatic rings. The van der Waals surface area contributed by atoms with Gasteiger partial charge in [0.05, 0.1) is 0 Å². The quantitative estimate of drug-likeness (QED) is 0.547. The highest BCUT2D eigenvalue weighted by Crippen LogP contribution is 2.14. The van der Waals surface area contributed by atoms with Gasteiger partial charge in [0.15, 0.2) is 0 Å². The summed E-state index contributed by atoms with van der Waals surface area (Å²) >= 11 is 0. The van der Waals surface area contributed by atoms with Crippen molar-refractivity contribution in [1.82, 2.24) is 11.5 Å². The monoisotopic (exact) mass is 144 g/mol. The molecule has 2 nitrogen and oxygen atoms in total. The van der Waals surface area contributed by atoms with Crippen LogP contribution in [-0.4, -0.2) is 13.1 Å². The Bertz CT molecular complexity index is 44.0. The van der Waals surface area contributed by atoms with E-state index < -0.39 is 0 Å². The Kier molecular flexibility index (Phi) is 6.98. The highest BCUT2D eigenvalue weighted by Gasteiger charge is 1.95. The zero-order valence-electron chi connectivity index (χ0n) is 6.86. The van der Waals surface area contributed by atoms with Crippen LogP contribution in [-0.2, 0) is 0 Å². The maximum Gasteiger partial charge on any atom is -0.00489 e. The van der Waals surface area contributed by atoms with Crippen LogP contribution >= 0.6 is 0 Å². The SMILES string of the molecule is C1CC1.C1CCNCC1.N. The summed E-state index contributed by atoms with van der Waals surface area (Å²) in [5.74, 6) is 0. The second kappa shape index (κ2) is 7.03. The minimum absolute atomic E-state index is 0. The first-order valence-corrected chi connectivity index (χ1v) is 4.21. The molecule has 0 radical (unpaired) electrons. The smallest absolute Gasteiger partial charge is 0.00489 e. The lowest BCUT2D eigenvalue weighted by atomic mass is 10.2. The molecule has 10 heavy (non-hydrogen) atoms. The Morgan fingerprint density at radius 3 is 1.10 bits per heavy atom. The summed E-state index contributed by atoms with van der Waals surface area (Å²) < 4.78 is 0. The largest absolute Gasteiger partial charge is 0.344 e. The van der Waals surface area contributed by atoms with E-state index in [2.05, 4.69) is 5.32 Å². The van der Waals surface area contributed by atoms with Crippen LogP contribution in [0.15, 0.2) is 0 Å². The van der Waals surface area contributed by atoms with Crippen molar-refractivity contribution in [2.24, 2.45) is 0 Å². The van der Waals surface area contributed by atoms with Crippen molar-refractivity contribution >= 4 is 0 Å². The third-order valence-electron chi connectivity index (χ3n) is 1.56. The molecule has 1 aliphatic carbocycles. The molecule has 1 saturated carbocycles. The van der Waals surface area contributed by atoms with Gasteiger partial charge in [0, 0.05) is 0 Å². The molecule has 0 aromatic heterocycles. The Hall–Kier alpha value is -0.0800. The van der Waals surface area contributed by atoms with Gasteiger partial charge in [0.25, 0.3) is 0 Å². The third kappa shape index (κ3) is 7.92. The van der Waals surface area contributed by atoms with E-state index >= 15 is 0 Å². The lowest BCUT2D eigenvalue weighted by molar-refractivity contribution is 0.520. The van der Waals surface area contributed by atoms with Gasteiger partial charge in [-0.15, -0.1) is 0 Å². The van der Waals surface area contributed by atoms with Gasteiger partial charge in [0.2, 0.25) is 0 Å². The van der Waals surface area contributed by atoms with Crippen molar-refractivity contribution in [2.75, 3.05) is 13.1 Å². The summed E-state index contributed by atoms with van der Waals surface area (Å²) in [7, 11) is 0. The van der Waals surface area contributed by atoms with Crippen molar-refractivity contribution in [3.8, 4) is 0 Å². The summed E-state index contributed by atoms with van der Waals surface area (Å²) in [6, 6.07) is 0. The molecule has 0 aromatic carbocycles. The van der Waals surface area contributed by atoms with E-state index in [4.69, 9.17) is 0 Å². The number of nitrogens with one attached hydrogen (secondary N) is 1. The van der Waals surface area contributed by atoms with Crippen LogP contribution in [0.25, 0.3) is 0 Å². The fourth-order valence-electron chi connectivity index (χ4n) is 0.802. The predicted molar refractivity (Wildman–Crippen MR) is 45.6 cm³/mol. The van der Waals surface area contributed by atoms with Crippen molar-refractivity contribution in [1.29, 1.82) is 0 Å². The average Bonchev–Trinajstić information content (AvgIpc) is 2.76. The van der Waals surface area contributed by atoms with Gasteiger partial charge in [-0.1, -0.05) is 25.7 Å².